The predicted molar refractivity (Wildman–Crippen MR) is 126 cm³/mol. The highest BCUT2D eigenvalue weighted by Gasteiger charge is 2.18. The van der Waals surface area contributed by atoms with Crippen LogP contribution >= 0.6 is 11.3 Å². The standard InChI is InChI=1S/C24H27N5OS/c1-3-4-5-6-7-8-18-14-25-24(31-18)20-13-19(17-11-9-16(2)10-12-17)21(23(30)28-20)22-26-15-27-29-22/h9-15H,3-8H2,1-2H3,(H,28,30)(H,26,27,29). The van der Waals surface area contributed by atoms with Gasteiger partial charge in [0.25, 0.3) is 5.56 Å². The molecule has 2 N–H and O–H groups in total. The van der Waals surface area contributed by atoms with Crippen LogP contribution in [0.15, 0.2) is 47.7 Å². The van der Waals surface area contributed by atoms with Crippen LogP contribution in [-0.4, -0.2) is 25.1 Å². The molecule has 31 heavy (non-hydrogen) atoms. The molecule has 0 spiro atoms. The van der Waals surface area contributed by atoms with E-state index >= 15 is 0 Å². The Morgan fingerprint density at radius 2 is 1.87 bits per heavy atom. The summed E-state index contributed by atoms with van der Waals surface area (Å²) >= 11 is 1.65. The number of H-pyrrole nitrogens is 2. The molecule has 160 valence electrons. The Morgan fingerprint density at radius 3 is 2.61 bits per heavy atom. The third-order valence-electron chi connectivity index (χ3n) is 5.36. The SMILES string of the molecule is CCCCCCCc1cnc(-c2cc(-c3ccc(C)cc3)c(-c3nnc[nH]3)c(=O)[nH]2)s1. The monoisotopic (exact) mass is 433 g/mol. The fourth-order valence-electron chi connectivity index (χ4n) is 3.65. The quantitative estimate of drug-likeness (QED) is 0.328. The number of nitrogens with zero attached hydrogens (tertiary/aromatic N) is 3. The number of aromatic amines is 2. The van der Waals surface area contributed by atoms with Crippen LogP contribution in [0.2, 0.25) is 0 Å². The number of aromatic nitrogens is 5. The molecule has 0 unspecified atom stereocenters. The van der Waals surface area contributed by atoms with Gasteiger partial charge in [-0.05, 0) is 31.4 Å². The van der Waals surface area contributed by atoms with Gasteiger partial charge < -0.3 is 9.97 Å². The Morgan fingerprint density at radius 1 is 1.06 bits per heavy atom. The van der Waals surface area contributed by atoms with Crippen molar-refractivity contribution in [3.63, 3.8) is 0 Å². The van der Waals surface area contributed by atoms with E-state index in [1.165, 1.54) is 48.9 Å². The van der Waals surface area contributed by atoms with Gasteiger partial charge in [0.15, 0.2) is 5.82 Å². The van der Waals surface area contributed by atoms with E-state index in [-0.39, 0.29) is 5.56 Å². The summed E-state index contributed by atoms with van der Waals surface area (Å²) in [6.45, 7) is 4.28. The molecule has 0 saturated heterocycles. The van der Waals surface area contributed by atoms with Crippen molar-refractivity contribution in [2.24, 2.45) is 0 Å². The van der Waals surface area contributed by atoms with Gasteiger partial charge in [-0.1, -0.05) is 62.4 Å². The summed E-state index contributed by atoms with van der Waals surface area (Å²) in [6.07, 6.45) is 10.7. The van der Waals surface area contributed by atoms with E-state index in [9.17, 15) is 4.79 Å². The van der Waals surface area contributed by atoms with Crippen LogP contribution in [0.5, 0.6) is 0 Å². The van der Waals surface area contributed by atoms with E-state index in [1.807, 2.05) is 43.5 Å². The Labute approximate surface area is 185 Å². The van der Waals surface area contributed by atoms with Crippen molar-refractivity contribution in [1.82, 2.24) is 25.1 Å². The molecule has 1 aromatic carbocycles. The number of pyridine rings is 1. The van der Waals surface area contributed by atoms with E-state index in [1.54, 1.807) is 11.3 Å². The van der Waals surface area contributed by atoms with Crippen molar-refractivity contribution in [2.75, 3.05) is 0 Å². The maximum absolute atomic E-state index is 13.1. The molecular formula is C24H27N5OS. The smallest absolute Gasteiger partial charge is 0.260 e. The Bertz CT molecular complexity index is 1180. The van der Waals surface area contributed by atoms with Gasteiger partial charge in [0.1, 0.15) is 11.3 Å². The van der Waals surface area contributed by atoms with Crippen molar-refractivity contribution in [1.29, 1.82) is 0 Å². The van der Waals surface area contributed by atoms with Crippen molar-refractivity contribution in [3.05, 3.63) is 63.7 Å². The maximum Gasteiger partial charge on any atom is 0.260 e. The molecule has 6 nitrogen and oxygen atoms in total. The zero-order valence-electron chi connectivity index (χ0n) is 17.9. The molecule has 0 aliphatic rings. The second kappa shape index (κ2) is 9.83. The number of thiazole rings is 1. The maximum atomic E-state index is 13.1. The minimum atomic E-state index is -0.207. The summed E-state index contributed by atoms with van der Waals surface area (Å²) in [7, 11) is 0. The van der Waals surface area contributed by atoms with E-state index in [0.29, 0.717) is 11.4 Å². The third-order valence-corrected chi connectivity index (χ3v) is 6.45. The summed E-state index contributed by atoms with van der Waals surface area (Å²) < 4.78 is 0. The van der Waals surface area contributed by atoms with Crippen LogP contribution in [0.25, 0.3) is 33.2 Å². The van der Waals surface area contributed by atoms with Crippen LogP contribution in [0, 0.1) is 6.92 Å². The lowest BCUT2D eigenvalue weighted by molar-refractivity contribution is 0.634. The van der Waals surface area contributed by atoms with E-state index in [0.717, 1.165) is 28.2 Å². The summed E-state index contributed by atoms with van der Waals surface area (Å²) in [5, 5.41) is 8.76. The molecule has 0 atom stereocenters. The number of aryl methyl sites for hydroxylation is 2. The largest absolute Gasteiger partial charge is 0.327 e. The molecule has 0 radical (unpaired) electrons. The highest BCUT2D eigenvalue weighted by atomic mass is 32.1. The summed E-state index contributed by atoms with van der Waals surface area (Å²) in [5.74, 6) is 0.454. The molecule has 0 saturated carbocycles. The number of rotatable bonds is 9. The van der Waals surface area contributed by atoms with E-state index in [4.69, 9.17) is 0 Å². The lowest BCUT2D eigenvalue weighted by atomic mass is 9.99. The van der Waals surface area contributed by atoms with Crippen LogP contribution in [0.3, 0.4) is 0 Å². The van der Waals surface area contributed by atoms with Crippen molar-refractivity contribution >= 4 is 11.3 Å². The molecule has 3 aromatic heterocycles. The van der Waals surface area contributed by atoms with E-state index < -0.39 is 0 Å². The van der Waals surface area contributed by atoms with Gasteiger partial charge in [-0.25, -0.2) is 4.98 Å². The molecular weight excluding hydrogens is 406 g/mol. The van der Waals surface area contributed by atoms with E-state index in [2.05, 4.69) is 32.1 Å². The number of nitrogens with one attached hydrogen (secondary N) is 2. The first-order valence-corrected chi connectivity index (χ1v) is 11.6. The topological polar surface area (TPSA) is 87.3 Å². The van der Waals surface area contributed by atoms with Crippen molar-refractivity contribution in [3.8, 4) is 33.2 Å². The molecule has 4 aromatic rings. The van der Waals surface area contributed by atoms with Gasteiger partial charge in [0.2, 0.25) is 0 Å². The molecule has 0 bridgehead atoms. The fraction of sp³-hybridized carbons (Fsp3) is 0.333. The zero-order valence-corrected chi connectivity index (χ0v) is 18.8. The molecule has 0 aliphatic carbocycles. The van der Waals surface area contributed by atoms with Crippen LogP contribution < -0.4 is 5.56 Å². The van der Waals surface area contributed by atoms with Gasteiger partial charge in [-0.2, -0.15) is 0 Å². The molecule has 3 heterocycles. The van der Waals surface area contributed by atoms with Gasteiger partial charge >= 0.3 is 0 Å². The summed E-state index contributed by atoms with van der Waals surface area (Å²) in [5.41, 5.74) is 3.94. The predicted octanol–water partition coefficient (Wildman–Crippen LogP) is 5.77. The highest BCUT2D eigenvalue weighted by molar-refractivity contribution is 7.15. The first kappa shape index (κ1) is 21.2. The molecule has 0 amide bonds. The normalized spacial score (nSPS) is 11.2. The average molecular weight is 434 g/mol. The number of unbranched alkanes of at least 4 members (excludes halogenated alkanes) is 4. The van der Waals surface area contributed by atoms with Gasteiger partial charge in [0.05, 0.1) is 11.3 Å². The second-order valence-electron chi connectivity index (χ2n) is 7.80. The molecule has 4 rings (SSSR count). The van der Waals surface area contributed by atoms with Crippen LogP contribution in [0.4, 0.5) is 0 Å². The summed E-state index contributed by atoms with van der Waals surface area (Å²) in [6, 6.07) is 10.1. The second-order valence-corrected chi connectivity index (χ2v) is 8.92. The fourth-order valence-corrected chi connectivity index (χ4v) is 4.57. The molecule has 7 heteroatoms. The lowest BCUT2D eigenvalue weighted by Crippen LogP contribution is -2.12. The number of hydrogen-bond donors (Lipinski definition) is 2. The van der Waals surface area contributed by atoms with Gasteiger partial charge in [0, 0.05) is 16.6 Å². The average Bonchev–Trinajstić information content (AvgIpc) is 3.46. The van der Waals surface area contributed by atoms with Gasteiger partial charge in [-0.3, -0.25) is 4.79 Å². The van der Waals surface area contributed by atoms with Crippen LogP contribution in [0.1, 0.15) is 49.5 Å². The zero-order chi connectivity index (χ0) is 21.6. The van der Waals surface area contributed by atoms with Crippen LogP contribution in [-0.2, 0) is 6.42 Å². The third kappa shape index (κ3) is 4.99. The van der Waals surface area contributed by atoms with Crippen molar-refractivity contribution < 1.29 is 0 Å². The Hall–Kier alpha value is -3.06. The van der Waals surface area contributed by atoms with Crippen molar-refractivity contribution in [2.45, 2.75) is 52.4 Å². The summed E-state index contributed by atoms with van der Waals surface area (Å²) in [4.78, 5) is 24.9. The minimum absolute atomic E-state index is 0.207. The van der Waals surface area contributed by atoms with Gasteiger partial charge in [-0.15, -0.1) is 21.5 Å². The Kier molecular flexibility index (Phi) is 6.72. The minimum Gasteiger partial charge on any atom is -0.327 e. The number of hydrogen-bond acceptors (Lipinski definition) is 5. The Balaban J connectivity index is 1.67. The first-order valence-electron chi connectivity index (χ1n) is 10.8. The molecule has 0 aliphatic heterocycles. The lowest BCUT2D eigenvalue weighted by Gasteiger charge is -2.09. The molecule has 0 fully saturated rings. The highest BCUT2D eigenvalue weighted by Crippen LogP contribution is 2.32. The number of benzene rings is 1. The first-order chi connectivity index (χ1) is 15.2.